The molecule has 0 saturated heterocycles. The molecule has 2 rings (SSSR count). The van der Waals surface area contributed by atoms with E-state index in [0.717, 1.165) is 19.3 Å². The van der Waals surface area contributed by atoms with Crippen molar-refractivity contribution in [3.63, 3.8) is 0 Å². The summed E-state index contributed by atoms with van der Waals surface area (Å²) in [5, 5.41) is 2.92. The Balaban J connectivity index is 2.02. The van der Waals surface area contributed by atoms with Crippen LogP contribution in [0.5, 0.6) is 0 Å². The van der Waals surface area contributed by atoms with Gasteiger partial charge in [0.1, 0.15) is 5.82 Å². The van der Waals surface area contributed by atoms with E-state index in [1.54, 1.807) is 6.92 Å². The van der Waals surface area contributed by atoms with Crippen molar-refractivity contribution in [1.29, 1.82) is 0 Å². The largest absolute Gasteiger partial charge is 0.398 e. The molecule has 1 aromatic carbocycles. The lowest BCUT2D eigenvalue weighted by molar-refractivity contribution is 0.0948. The zero-order valence-corrected chi connectivity index (χ0v) is 10.8. The summed E-state index contributed by atoms with van der Waals surface area (Å²) in [6.45, 7) is 3.73. The van der Waals surface area contributed by atoms with Crippen molar-refractivity contribution in [2.24, 2.45) is 5.92 Å². The quantitative estimate of drug-likeness (QED) is 0.807. The first-order valence-corrected chi connectivity index (χ1v) is 6.39. The first-order chi connectivity index (χ1) is 8.52. The van der Waals surface area contributed by atoms with E-state index in [2.05, 4.69) is 12.2 Å². The molecule has 98 valence electrons. The first-order valence-electron chi connectivity index (χ1n) is 6.39. The molecular formula is C14H19FN2O. The van der Waals surface area contributed by atoms with E-state index in [0.29, 0.717) is 22.7 Å². The van der Waals surface area contributed by atoms with Gasteiger partial charge < -0.3 is 11.1 Å². The van der Waals surface area contributed by atoms with Gasteiger partial charge in [0.05, 0.1) is 0 Å². The van der Waals surface area contributed by atoms with Gasteiger partial charge in [-0.05, 0) is 37.8 Å². The van der Waals surface area contributed by atoms with E-state index in [1.807, 2.05) is 0 Å². The van der Waals surface area contributed by atoms with Crippen LogP contribution >= 0.6 is 0 Å². The molecule has 1 aliphatic rings. The van der Waals surface area contributed by atoms with Crippen molar-refractivity contribution in [3.8, 4) is 0 Å². The molecule has 0 spiro atoms. The maximum Gasteiger partial charge on any atom is 0.251 e. The Morgan fingerprint density at radius 1 is 1.56 bits per heavy atom. The Kier molecular flexibility index (Phi) is 3.55. The standard InChI is InChI=1S/C14H19FN2O/c1-3-4-9-7-13(9)17-14(18)10-5-11(15)8(2)12(16)6-10/h5-6,9,13H,3-4,7,16H2,1-2H3,(H,17,18). The third-order valence-electron chi connectivity index (χ3n) is 3.55. The molecule has 3 N–H and O–H groups in total. The number of nitrogen functional groups attached to an aromatic ring is 1. The minimum Gasteiger partial charge on any atom is -0.398 e. The molecule has 0 bridgehead atoms. The van der Waals surface area contributed by atoms with Gasteiger partial charge in [-0.1, -0.05) is 13.3 Å². The van der Waals surface area contributed by atoms with Crippen LogP contribution in [0.2, 0.25) is 0 Å². The number of amides is 1. The van der Waals surface area contributed by atoms with Gasteiger partial charge in [-0.25, -0.2) is 4.39 Å². The average molecular weight is 250 g/mol. The van der Waals surface area contributed by atoms with Crippen LogP contribution in [0, 0.1) is 18.7 Å². The van der Waals surface area contributed by atoms with Gasteiger partial charge in [0, 0.05) is 22.9 Å². The van der Waals surface area contributed by atoms with Gasteiger partial charge in [0.15, 0.2) is 0 Å². The molecule has 0 heterocycles. The van der Waals surface area contributed by atoms with E-state index >= 15 is 0 Å². The van der Waals surface area contributed by atoms with Gasteiger partial charge in [-0.3, -0.25) is 4.79 Å². The molecule has 1 amide bonds. The van der Waals surface area contributed by atoms with E-state index < -0.39 is 5.82 Å². The van der Waals surface area contributed by atoms with Crippen molar-refractivity contribution in [2.75, 3.05) is 5.73 Å². The SMILES string of the molecule is CCCC1CC1NC(=O)c1cc(N)c(C)c(F)c1. The first kappa shape index (κ1) is 12.9. The summed E-state index contributed by atoms with van der Waals surface area (Å²) in [6.07, 6.45) is 3.29. The lowest BCUT2D eigenvalue weighted by atomic mass is 10.1. The molecular weight excluding hydrogens is 231 g/mol. The molecule has 1 saturated carbocycles. The summed E-state index contributed by atoms with van der Waals surface area (Å²) in [5.41, 5.74) is 6.68. The molecule has 2 unspecified atom stereocenters. The topological polar surface area (TPSA) is 55.1 Å². The van der Waals surface area contributed by atoms with Crippen LogP contribution in [0.25, 0.3) is 0 Å². The molecule has 0 aromatic heterocycles. The minimum absolute atomic E-state index is 0.232. The summed E-state index contributed by atoms with van der Waals surface area (Å²) in [4.78, 5) is 11.9. The Bertz CT molecular complexity index is 450. The number of hydrogen-bond donors (Lipinski definition) is 2. The fourth-order valence-corrected chi connectivity index (χ4v) is 2.20. The van der Waals surface area contributed by atoms with Crippen LogP contribution in [0.1, 0.15) is 42.1 Å². The van der Waals surface area contributed by atoms with E-state index in [9.17, 15) is 9.18 Å². The van der Waals surface area contributed by atoms with Crippen molar-refractivity contribution < 1.29 is 9.18 Å². The smallest absolute Gasteiger partial charge is 0.251 e. The number of anilines is 1. The number of nitrogens with one attached hydrogen (secondary N) is 1. The third kappa shape index (κ3) is 2.63. The fraction of sp³-hybridized carbons (Fsp3) is 0.500. The predicted molar refractivity (Wildman–Crippen MR) is 69.8 cm³/mol. The summed E-state index contributed by atoms with van der Waals surface area (Å²) in [6, 6.07) is 3.03. The highest BCUT2D eigenvalue weighted by Gasteiger charge is 2.37. The third-order valence-corrected chi connectivity index (χ3v) is 3.55. The average Bonchev–Trinajstić information content (AvgIpc) is 3.04. The number of carbonyl (C=O) groups excluding carboxylic acids is 1. The van der Waals surface area contributed by atoms with E-state index in [-0.39, 0.29) is 11.9 Å². The summed E-state index contributed by atoms with van der Waals surface area (Å²) < 4.78 is 13.5. The molecule has 4 heteroatoms. The molecule has 1 aliphatic carbocycles. The molecule has 0 aliphatic heterocycles. The number of nitrogens with two attached hydrogens (primary N) is 1. The van der Waals surface area contributed by atoms with Crippen molar-refractivity contribution in [2.45, 2.75) is 39.2 Å². The van der Waals surface area contributed by atoms with Crippen LogP contribution in [-0.4, -0.2) is 11.9 Å². The zero-order chi connectivity index (χ0) is 13.3. The lowest BCUT2D eigenvalue weighted by Gasteiger charge is -2.08. The van der Waals surface area contributed by atoms with Crippen LogP contribution in [0.15, 0.2) is 12.1 Å². The van der Waals surface area contributed by atoms with Gasteiger partial charge >= 0.3 is 0 Å². The Labute approximate surface area is 107 Å². The van der Waals surface area contributed by atoms with Gasteiger partial charge in [-0.15, -0.1) is 0 Å². The lowest BCUT2D eigenvalue weighted by Crippen LogP contribution is -2.27. The van der Waals surface area contributed by atoms with Gasteiger partial charge in [0.25, 0.3) is 5.91 Å². The number of hydrogen-bond acceptors (Lipinski definition) is 2. The number of rotatable bonds is 4. The highest BCUT2D eigenvalue weighted by atomic mass is 19.1. The van der Waals surface area contributed by atoms with Gasteiger partial charge in [-0.2, -0.15) is 0 Å². The molecule has 3 nitrogen and oxygen atoms in total. The summed E-state index contributed by atoms with van der Waals surface area (Å²) >= 11 is 0. The second-order valence-electron chi connectivity index (χ2n) is 5.04. The highest BCUT2D eigenvalue weighted by Crippen LogP contribution is 2.34. The predicted octanol–water partition coefficient (Wildman–Crippen LogP) is 2.63. The van der Waals surface area contributed by atoms with Crippen LogP contribution in [0.4, 0.5) is 10.1 Å². The van der Waals surface area contributed by atoms with Crippen LogP contribution < -0.4 is 11.1 Å². The van der Waals surface area contributed by atoms with E-state index in [4.69, 9.17) is 5.73 Å². The monoisotopic (exact) mass is 250 g/mol. The van der Waals surface area contributed by atoms with Crippen molar-refractivity contribution in [3.05, 3.63) is 29.1 Å². The van der Waals surface area contributed by atoms with Crippen LogP contribution in [0.3, 0.4) is 0 Å². The molecule has 1 aromatic rings. The molecule has 0 radical (unpaired) electrons. The fourth-order valence-electron chi connectivity index (χ4n) is 2.20. The molecule has 2 atom stereocenters. The Hall–Kier alpha value is -1.58. The maximum atomic E-state index is 13.5. The van der Waals surface area contributed by atoms with Crippen molar-refractivity contribution >= 4 is 11.6 Å². The van der Waals surface area contributed by atoms with Crippen LogP contribution in [-0.2, 0) is 0 Å². The number of carbonyl (C=O) groups is 1. The van der Waals surface area contributed by atoms with Crippen molar-refractivity contribution in [1.82, 2.24) is 5.32 Å². The Morgan fingerprint density at radius 3 is 2.89 bits per heavy atom. The number of benzene rings is 1. The second kappa shape index (κ2) is 4.96. The normalized spacial score (nSPS) is 21.7. The van der Waals surface area contributed by atoms with E-state index in [1.165, 1.54) is 12.1 Å². The second-order valence-corrected chi connectivity index (χ2v) is 5.04. The summed E-state index contributed by atoms with van der Waals surface area (Å²) in [5.74, 6) is -0.0724. The number of halogens is 1. The zero-order valence-electron chi connectivity index (χ0n) is 10.8. The molecule has 1 fully saturated rings. The molecule has 18 heavy (non-hydrogen) atoms. The highest BCUT2D eigenvalue weighted by molar-refractivity contribution is 5.95. The Morgan fingerprint density at radius 2 is 2.28 bits per heavy atom. The summed E-state index contributed by atoms with van der Waals surface area (Å²) in [7, 11) is 0. The van der Waals surface area contributed by atoms with Gasteiger partial charge in [0.2, 0.25) is 0 Å². The minimum atomic E-state index is -0.430. The maximum absolute atomic E-state index is 13.5.